The Morgan fingerprint density at radius 2 is 1.94 bits per heavy atom. The van der Waals surface area contributed by atoms with E-state index in [1.165, 1.54) is 6.92 Å². The van der Waals surface area contributed by atoms with Crippen LogP contribution in [0.3, 0.4) is 0 Å². The molecule has 4 aliphatic rings. The summed E-state index contributed by atoms with van der Waals surface area (Å²) in [4.78, 5) is 13.3. The fraction of sp³-hybridized carbons (Fsp3) is 0.591. The van der Waals surface area contributed by atoms with E-state index in [1.54, 1.807) is 0 Å². The van der Waals surface area contributed by atoms with Crippen molar-refractivity contribution < 1.29 is 40.9 Å². The lowest BCUT2D eigenvalue weighted by molar-refractivity contribution is -0.932. The van der Waals surface area contributed by atoms with Gasteiger partial charge in [-0.15, -0.1) is 0 Å². The zero-order chi connectivity index (χ0) is 26.5. The Bertz CT molecular complexity index is 1360. The highest BCUT2D eigenvalue weighted by Gasteiger charge is 2.63. The fourth-order valence-corrected chi connectivity index (χ4v) is 6.69. The van der Waals surface area contributed by atoms with Crippen LogP contribution in [0.1, 0.15) is 60.8 Å². The van der Waals surface area contributed by atoms with Crippen molar-refractivity contribution in [3.8, 4) is 0 Å². The Morgan fingerprint density at radius 1 is 1.33 bits per heavy atom. The van der Waals surface area contributed by atoms with Gasteiger partial charge >= 0.3 is 11.2 Å². The number of hydrogen-bond donors (Lipinski definition) is 3. The highest BCUT2D eigenvalue weighted by molar-refractivity contribution is 7.91. The maximum absolute atomic E-state index is 14.4. The van der Waals surface area contributed by atoms with Crippen LogP contribution in [0.5, 0.6) is 0 Å². The molecule has 2 heterocycles. The molecule has 196 valence electrons. The van der Waals surface area contributed by atoms with Gasteiger partial charge in [0.25, 0.3) is 5.91 Å². The predicted molar refractivity (Wildman–Crippen MR) is 115 cm³/mol. The van der Waals surface area contributed by atoms with Crippen molar-refractivity contribution in [1.29, 1.82) is 4.78 Å². The van der Waals surface area contributed by atoms with Gasteiger partial charge in [0.15, 0.2) is 0 Å². The Hall–Kier alpha value is -2.77. The molecule has 0 spiro atoms. The number of amides is 1. The number of rotatable bonds is 6. The first-order valence-electron chi connectivity index (χ1n) is 11.3. The standard InChI is InChI=1S/C22H24F5N5O3S/c1-19(9-21(23,24)10-19)11-31-16(15(22(25,26)27)17(30-31)20-6-12(7-20)8-20)18(33)29-13-3-4-32(34)14(5-13)36(2,28)35/h3-5,12,28,34H,6-11H2,1-2H3/p+1. The first-order valence-corrected chi connectivity index (χ1v) is 13.2. The van der Waals surface area contributed by atoms with Gasteiger partial charge in [0, 0.05) is 47.9 Å². The first-order chi connectivity index (χ1) is 16.4. The van der Waals surface area contributed by atoms with Crippen molar-refractivity contribution >= 4 is 21.3 Å². The molecule has 1 unspecified atom stereocenters. The van der Waals surface area contributed by atoms with Gasteiger partial charge < -0.3 is 5.32 Å². The third-order valence-corrected chi connectivity index (χ3v) is 8.55. The van der Waals surface area contributed by atoms with E-state index in [1.807, 2.05) is 0 Å². The fourth-order valence-electron chi connectivity index (χ4n) is 5.92. The van der Waals surface area contributed by atoms with E-state index in [-0.39, 0.29) is 23.0 Å². The Balaban J connectivity index is 1.58. The van der Waals surface area contributed by atoms with Gasteiger partial charge in [-0.1, -0.05) is 6.92 Å². The second kappa shape index (κ2) is 7.39. The minimum absolute atomic E-state index is 0.101. The molecule has 1 atom stereocenters. The Labute approximate surface area is 203 Å². The Morgan fingerprint density at radius 3 is 2.42 bits per heavy atom. The summed E-state index contributed by atoms with van der Waals surface area (Å²) >= 11 is 0. The van der Waals surface area contributed by atoms with E-state index in [0.717, 1.165) is 29.3 Å². The van der Waals surface area contributed by atoms with Gasteiger partial charge in [-0.3, -0.25) is 14.7 Å². The second-order valence-corrected chi connectivity index (χ2v) is 13.0. The SMILES string of the molecule is CC1(Cn2nc(C34CC(C3)C4)c(C(F)(F)F)c2C(=O)Nc2cc[n+](O)c(S(C)(=N)=O)c2)CC(F)(F)C1. The largest absolute Gasteiger partial charge is 0.420 e. The van der Waals surface area contributed by atoms with Crippen LogP contribution in [0.15, 0.2) is 23.4 Å². The zero-order valence-electron chi connectivity index (χ0n) is 19.5. The number of alkyl halides is 5. The van der Waals surface area contributed by atoms with Gasteiger partial charge in [-0.25, -0.2) is 17.8 Å². The molecule has 0 aromatic carbocycles. The van der Waals surface area contributed by atoms with Crippen LogP contribution in [0.4, 0.5) is 27.6 Å². The van der Waals surface area contributed by atoms with E-state index in [2.05, 4.69) is 10.4 Å². The molecule has 4 aliphatic carbocycles. The van der Waals surface area contributed by atoms with E-state index in [0.29, 0.717) is 29.9 Å². The number of halogens is 5. The molecule has 2 aromatic heterocycles. The molecule has 14 heteroatoms. The molecule has 6 rings (SSSR count). The average Bonchev–Trinajstić information content (AvgIpc) is 2.96. The maximum Gasteiger partial charge on any atom is 0.420 e. The third-order valence-electron chi connectivity index (χ3n) is 7.45. The monoisotopic (exact) mass is 534 g/mol. The lowest BCUT2D eigenvalue weighted by Crippen LogP contribution is -2.56. The third kappa shape index (κ3) is 4.02. The highest BCUT2D eigenvalue weighted by atomic mass is 32.2. The molecule has 3 N–H and O–H groups in total. The number of hydrogen-bond acceptors (Lipinski definition) is 5. The Kier molecular flexibility index (Phi) is 5.11. The lowest BCUT2D eigenvalue weighted by atomic mass is 9.43. The van der Waals surface area contributed by atoms with Crippen molar-refractivity contribution in [3.05, 3.63) is 35.3 Å². The van der Waals surface area contributed by atoms with Crippen LogP contribution in [-0.2, 0) is 27.9 Å². The molecular formula is C22H25F5N5O3S+. The number of carbonyl (C=O) groups is 1. The van der Waals surface area contributed by atoms with E-state index in [4.69, 9.17) is 4.78 Å². The van der Waals surface area contributed by atoms with Gasteiger partial charge in [0.1, 0.15) is 21.0 Å². The number of nitrogens with zero attached hydrogens (tertiary/aromatic N) is 3. The molecule has 0 saturated heterocycles. The number of pyridine rings is 1. The maximum atomic E-state index is 14.4. The predicted octanol–water partition coefficient (Wildman–Crippen LogP) is 4.20. The summed E-state index contributed by atoms with van der Waals surface area (Å²) in [5.41, 5.74) is -4.06. The van der Waals surface area contributed by atoms with Gasteiger partial charge in [0.05, 0.1) is 11.4 Å². The molecule has 2 bridgehead atoms. The number of carbonyl (C=O) groups excluding carboxylic acids is 1. The highest BCUT2D eigenvalue weighted by Crippen LogP contribution is 2.66. The summed E-state index contributed by atoms with van der Waals surface area (Å²) in [5, 5.41) is 16.0. The van der Waals surface area contributed by atoms with Gasteiger partial charge in [0.2, 0.25) is 12.1 Å². The molecule has 36 heavy (non-hydrogen) atoms. The van der Waals surface area contributed by atoms with E-state index >= 15 is 0 Å². The van der Waals surface area contributed by atoms with E-state index in [9.17, 15) is 36.2 Å². The molecule has 0 radical (unpaired) electrons. The number of aromatic nitrogens is 3. The quantitative estimate of drug-likeness (QED) is 0.293. The van der Waals surface area contributed by atoms with Crippen molar-refractivity contribution in [3.63, 3.8) is 0 Å². The molecular weight excluding hydrogens is 509 g/mol. The second-order valence-electron chi connectivity index (χ2n) is 10.9. The van der Waals surface area contributed by atoms with E-state index < -0.39 is 62.7 Å². The molecule has 8 nitrogen and oxygen atoms in total. The number of nitrogens with one attached hydrogen (secondary N) is 2. The van der Waals surface area contributed by atoms with Crippen LogP contribution >= 0.6 is 0 Å². The summed E-state index contributed by atoms with van der Waals surface area (Å²) in [5.74, 6) is -3.76. The minimum Gasteiger partial charge on any atom is -0.320 e. The molecule has 1 amide bonds. The molecule has 4 fully saturated rings. The van der Waals surface area contributed by atoms with Crippen LogP contribution in [0.2, 0.25) is 0 Å². The van der Waals surface area contributed by atoms with Gasteiger partial charge in [-0.05, 0) is 30.6 Å². The molecule has 4 saturated carbocycles. The lowest BCUT2D eigenvalue weighted by Gasteiger charge is -2.61. The summed E-state index contributed by atoms with van der Waals surface area (Å²) < 4.78 is 91.6. The summed E-state index contributed by atoms with van der Waals surface area (Å²) in [6.07, 6.45) is -2.34. The smallest absolute Gasteiger partial charge is 0.320 e. The first kappa shape index (κ1) is 24.9. The van der Waals surface area contributed by atoms with Crippen molar-refractivity contribution in [1.82, 2.24) is 9.78 Å². The normalized spacial score (nSPS) is 27.2. The molecule has 0 aliphatic heterocycles. The number of anilines is 1. The molecule has 2 aromatic rings. The van der Waals surface area contributed by atoms with Crippen molar-refractivity contribution in [2.75, 3.05) is 11.6 Å². The topological polar surface area (TPSA) is 112 Å². The van der Waals surface area contributed by atoms with Crippen LogP contribution in [-0.4, -0.2) is 37.3 Å². The van der Waals surface area contributed by atoms with Crippen molar-refractivity contribution in [2.24, 2.45) is 11.3 Å². The minimum atomic E-state index is -4.92. The van der Waals surface area contributed by atoms with Crippen LogP contribution in [0, 0.1) is 16.1 Å². The van der Waals surface area contributed by atoms with Crippen molar-refractivity contribution in [2.45, 2.75) is 68.1 Å². The van der Waals surface area contributed by atoms with Crippen LogP contribution in [0.25, 0.3) is 0 Å². The summed E-state index contributed by atoms with van der Waals surface area (Å²) in [6.45, 7) is 1.23. The van der Waals surface area contributed by atoms with Crippen LogP contribution < -0.4 is 10.0 Å². The van der Waals surface area contributed by atoms with Gasteiger partial charge in [-0.2, -0.15) is 18.3 Å². The average molecular weight is 535 g/mol. The summed E-state index contributed by atoms with van der Waals surface area (Å²) in [7, 11) is -3.44. The zero-order valence-corrected chi connectivity index (χ0v) is 20.3. The summed E-state index contributed by atoms with van der Waals surface area (Å²) in [6, 6.07) is 2.19.